The number of aliphatic hydroxyl groups is 1. The summed E-state index contributed by atoms with van der Waals surface area (Å²) in [5.74, 6) is 0.939. The van der Waals surface area contributed by atoms with Crippen molar-refractivity contribution in [3.63, 3.8) is 0 Å². The summed E-state index contributed by atoms with van der Waals surface area (Å²) in [7, 11) is 0. The fourth-order valence-corrected chi connectivity index (χ4v) is 2.34. The molecule has 3 aromatic rings. The van der Waals surface area contributed by atoms with Crippen LogP contribution in [0.2, 0.25) is 0 Å². The fraction of sp³-hybridized carbons (Fsp3) is 0.167. The Kier molecular flexibility index (Phi) is 5.06. The largest absolute Gasteiger partial charge is 0.421 e. The normalized spacial score (nSPS) is 10.5. The first-order valence-electron chi connectivity index (χ1n) is 7.79. The smallest absolute Gasteiger partial charge is 0.319 e. The lowest BCUT2D eigenvalue weighted by atomic mass is 10.1. The Balaban J connectivity index is 1.57. The molecule has 0 radical (unpaired) electrons. The monoisotopic (exact) mass is 338 g/mol. The zero-order chi connectivity index (χ0) is 17.6. The predicted octanol–water partition coefficient (Wildman–Crippen LogP) is 2.86. The average Bonchev–Trinajstić information content (AvgIpc) is 3.07. The molecule has 3 N–H and O–H groups in total. The van der Waals surface area contributed by atoms with E-state index in [1.807, 2.05) is 24.3 Å². The standard InChI is InChI=1S/C18H18N4O3/c1-12-21-22-17(25-12)13-6-8-16(9-7-13)20-18(24)19-10-14-4-2-3-5-15(14)11-23/h2-9,23H,10-11H2,1H3,(H2,19,20,24). The first kappa shape index (κ1) is 16.7. The van der Waals surface area contributed by atoms with Crippen LogP contribution in [0.25, 0.3) is 11.5 Å². The number of carbonyl (C=O) groups is 1. The Morgan fingerprint density at radius 3 is 2.44 bits per heavy atom. The van der Waals surface area contributed by atoms with Gasteiger partial charge in [0.25, 0.3) is 0 Å². The highest BCUT2D eigenvalue weighted by atomic mass is 16.4. The van der Waals surface area contributed by atoms with Crippen LogP contribution >= 0.6 is 0 Å². The Labute approximate surface area is 144 Å². The molecule has 0 aliphatic heterocycles. The number of nitrogens with zero attached hydrogens (tertiary/aromatic N) is 2. The maximum absolute atomic E-state index is 12.0. The molecule has 0 atom stereocenters. The third-order valence-electron chi connectivity index (χ3n) is 3.64. The summed E-state index contributed by atoms with van der Waals surface area (Å²) in [6.45, 7) is 2.00. The van der Waals surface area contributed by atoms with Gasteiger partial charge in [-0.25, -0.2) is 4.79 Å². The average molecular weight is 338 g/mol. The lowest BCUT2D eigenvalue weighted by Crippen LogP contribution is -2.28. The molecule has 2 aromatic carbocycles. The molecule has 128 valence electrons. The number of benzene rings is 2. The first-order valence-corrected chi connectivity index (χ1v) is 7.79. The molecule has 7 nitrogen and oxygen atoms in total. The van der Waals surface area contributed by atoms with Crippen molar-refractivity contribution >= 4 is 11.7 Å². The van der Waals surface area contributed by atoms with E-state index in [0.717, 1.165) is 16.7 Å². The Bertz CT molecular complexity index is 859. The number of rotatable bonds is 5. The van der Waals surface area contributed by atoms with Crippen LogP contribution in [-0.4, -0.2) is 21.3 Å². The molecule has 1 heterocycles. The minimum Gasteiger partial charge on any atom is -0.421 e. The van der Waals surface area contributed by atoms with Crippen molar-refractivity contribution < 1.29 is 14.3 Å². The molecule has 0 fully saturated rings. The number of hydrogen-bond acceptors (Lipinski definition) is 5. The molecule has 1 aromatic heterocycles. The molecule has 0 aliphatic carbocycles. The second-order valence-corrected chi connectivity index (χ2v) is 5.44. The van der Waals surface area contributed by atoms with Gasteiger partial charge in [-0.15, -0.1) is 10.2 Å². The molecule has 0 bridgehead atoms. The number of amides is 2. The number of urea groups is 1. The van der Waals surface area contributed by atoms with Crippen LogP contribution in [0.1, 0.15) is 17.0 Å². The number of nitrogens with one attached hydrogen (secondary N) is 2. The molecule has 0 unspecified atom stereocenters. The number of aryl methyl sites for hydroxylation is 1. The van der Waals surface area contributed by atoms with Crippen LogP contribution < -0.4 is 10.6 Å². The summed E-state index contributed by atoms with van der Waals surface area (Å²) in [6.07, 6.45) is 0. The minimum atomic E-state index is -0.325. The summed E-state index contributed by atoms with van der Waals surface area (Å²) in [4.78, 5) is 12.0. The molecule has 7 heteroatoms. The number of aliphatic hydroxyl groups excluding tert-OH is 1. The van der Waals surface area contributed by atoms with Gasteiger partial charge < -0.3 is 20.2 Å². The van der Waals surface area contributed by atoms with E-state index < -0.39 is 0 Å². The van der Waals surface area contributed by atoms with Gasteiger partial charge in [0.05, 0.1) is 6.61 Å². The van der Waals surface area contributed by atoms with Crippen LogP contribution in [0.15, 0.2) is 52.9 Å². The van der Waals surface area contributed by atoms with E-state index in [4.69, 9.17) is 4.42 Å². The van der Waals surface area contributed by atoms with Crippen LogP contribution in [-0.2, 0) is 13.2 Å². The first-order chi connectivity index (χ1) is 12.2. The van der Waals surface area contributed by atoms with Gasteiger partial charge in [0.2, 0.25) is 11.8 Å². The molecule has 3 rings (SSSR count). The zero-order valence-corrected chi connectivity index (χ0v) is 13.7. The lowest BCUT2D eigenvalue weighted by molar-refractivity contribution is 0.251. The van der Waals surface area contributed by atoms with Gasteiger partial charge in [0.1, 0.15) is 0 Å². The van der Waals surface area contributed by atoms with Gasteiger partial charge in [0, 0.05) is 24.7 Å². The number of carbonyl (C=O) groups excluding carboxylic acids is 1. The van der Waals surface area contributed by atoms with E-state index in [1.54, 1.807) is 31.2 Å². The Hall–Kier alpha value is -3.19. The highest BCUT2D eigenvalue weighted by Gasteiger charge is 2.07. The van der Waals surface area contributed by atoms with Crippen molar-refractivity contribution in [2.75, 3.05) is 5.32 Å². The van der Waals surface area contributed by atoms with Crippen LogP contribution in [0, 0.1) is 6.92 Å². The van der Waals surface area contributed by atoms with Crippen molar-refractivity contribution in [1.82, 2.24) is 15.5 Å². The third-order valence-corrected chi connectivity index (χ3v) is 3.64. The van der Waals surface area contributed by atoms with Crippen molar-refractivity contribution in [2.24, 2.45) is 0 Å². The fourth-order valence-electron chi connectivity index (χ4n) is 2.34. The second-order valence-electron chi connectivity index (χ2n) is 5.44. The Morgan fingerprint density at radius 2 is 1.80 bits per heavy atom. The van der Waals surface area contributed by atoms with Crippen molar-refractivity contribution in [3.8, 4) is 11.5 Å². The Morgan fingerprint density at radius 1 is 1.08 bits per heavy atom. The van der Waals surface area contributed by atoms with Crippen LogP contribution in [0.5, 0.6) is 0 Å². The van der Waals surface area contributed by atoms with Crippen LogP contribution in [0.4, 0.5) is 10.5 Å². The summed E-state index contributed by atoms with van der Waals surface area (Å²) < 4.78 is 5.36. The highest BCUT2D eigenvalue weighted by Crippen LogP contribution is 2.20. The van der Waals surface area contributed by atoms with Gasteiger partial charge in [-0.05, 0) is 35.4 Å². The lowest BCUT2D eigenvalue weighted by Gasteiger charge is -2.10. The summed E-state index contributed by atoms with van der Waals surface area (Å²) >= 11 is 0. The van der Waals surface area contributed by atoms with E-state index in [1.165, 1.54) is 0 Å². The molecule has 2 amide bonds. The number of aromatic nitrogens is 2. The van der Waals surface area contributed by atoms with Gasteiger partial charge in [-0.2, -0.15) is 0 Å². The van der Waals surface area contributed by atoms with Gasteiger partial charge in [0.15, 0.2) is 0 Å². The van der Waals surface area contributed by atoms with Gasteiger partial charge in [-0.1, -0.05) is 24.3 Å². The summed E-state index contributed by atoms with van der Waals surface area (Å²) in [5, 5.41) is 22.6. The molecular weight excluding hydrogens is 320 g/mol. The number of hydrogen-bond donors (Lipinski definition) is 3. The van der Waals surface area contributed by atoms with Crippen molar-refractivity contribution in [3.05, 3.63) is 65.5 Å². The van der Waals surface area contributed by atoms with Crippen molar-refractivity contribution in [1.29, 1.82) is 0 Å². The third kappa shape index (κ3) is 4.21. The zero-order valence-electron chi connectivity index (χ0n) is 13.7. The number of anilines is 1. The summed E-state index contributed by atoms with van der Waals surface area (Å²) in [6, 6.07) is 14.2. The molecule has 25 heavy (non-hydrogen) atoms. The van der Waals surface area contributed by atoms with E-state index in [2.05, 4.69) is 20.8 Å². The maximum atomic E-state index is 12.0. The molecule has 0 spiro atoms. The molecule has 0 saturated carbocycles. The topological polar surface area (TPSA) is 100 Å². The molecule has 0 saturated heterocycles. The van der Waals surface area contributed by atoms with Gasteiger partial charge in [-0.3, -0.25) is 0 Å². The summed E-state index contributed by atoms with van der Waals surface area (Å²) in [5.41, 5.74) is 3.10. The molecule has 0 aliphatic rings. The van der Waals surface area contributed by atoms with E-state index in [-0.39, 0.29) is 12.6 Å². The molecular formula is C18H18N4O3. The van der Waals surface area contributed by atoms with Crippen molar-refractivity contribution in [2.45, 2.75) is 20.1 Å². The quantitative estimate of drug-likeness (QED) is 0.664. The van der Waals surface area contributed by atoms with E-state index >= 15 is 0 Å². The minimum absolute atomic E-state index is 0.0594. The second kappa shape index (κ2) is 7.59. The highest BCUT2D eigenvalue weighted by molar-refractivity contribution is 5.89. The van der Waals surface area contributed by atoms with Crippen LogP contribution in [0.3, 0.4) is 0 Å². The van der Waals surface area contributed by atoms with Gasteiger partial charge >= 0.3 is 6.03 Å². The van der Waals surface area contributed by atoms with E-state index in [9.17, 15) is 9.90 Å². The SMILES string of the molecule is Cc1nnc(-c2ccc(NC(=O)NCc3ccccc3CO)cc2)o1. The van der Waals surface area contributed by atoms with E-state index in [0.29, 0.717) is 24.0 Å². The maximum Gasteiger partial charge on any atom is 0.319 e. The predicted molar refractivity (Wildman–Crippen MR) is 92.7 cm³/mol.